The Morgan fingerprint density at radius 1 is 1.60 bits per heavy atom. The van der Waals surface area contributed by atoms with Gasteiger partial charge in [-0.25, -0.2) is 0 Å². The Morgan fingerprint density at radius 2 is 2.25 bits per heavy atom. The number of amides is 1. The zero-order chi connectivity index (χ0) is 15.5. The summed E-state index contributed by atoms with van der Waals surface area (Å²) in [5.41, 5.74) is 4.64. The fourth-order valence-corrected chi connectivity index (χ4v) is 1.81. The quantitative estimate of drug-likeness (QED) is 0.812. The van der Waals surface area contributed by atoms with Crippen molar-refractivity contribution in [3.8, 4) is 12.8 Å². The molecule has 7 heteroatoms. The highest BCUT2D eigenvalue weighted by molar-refractivity contribution is 5.74. The average molecular weight is 282 g/mol. The summed E-state index contributed by atoms with van der Waals surface area (Å²) in [6, 6.07) is 0.353. The maximum atomic E-state index is 9.70. The molecule has 0 radical (unpaired) electrons. The molecule has 0 spiro atoms. The van der Waals surface area contributed by atoms with Crippen LogP contribution in [-0.4, -0.2) is 48.3 Å². The molecule has 0 saturated carbocycles. The molecule has 1 aromatic rings. The predicted octanol–water partition coefficient (Wildman–Crippen LogP) is 0.512. The van der Waals surface area contributed by atoms with Crippen molar-refractivity contribution in [3.63, 3.8) is 0 Å². The minimum Gasteiger partial charge on any atom is -0.375 e. The van der Waals surface area contributed by atoms with Gasteiger partial charge in [-0.05, 0) is 33.4 Å². The molecule has 7 nitrogen and oxygen atoms in total. The number of likely N-dealkylation sites (tertiary alicyclic amines) is 1. The van der Waals surface area contributed by atoms with E-state index in [4.69, 9.17) is 4.52 Å². The number of methoxy groups -OCH3 is 1. The molecule has 1 aliphatic rings. The van der Waals surface area contributed by atoms with Gasteiger partial charge in [-0.15, -0.1) is 12.8 Å². The van der Waals surface area contributed by atoms with Gasteiger partial charge in [0.2, 0.25) is 11.8 Å². The molecule has 112 valence electrons. The fourth-order valence-electron chi connectivity index (χ4n) is 1.81. The van der Waals surface area contributed by atoms with Crippen molar-refractivity contribution >= 4 is 5.91 Å². The molecule has 2 rings (SSSR count). The number of carbonyl (C=O) groups excluding carboxylic acids is 1. The van der Waals surface area contributed by atoms with Crippen LogP contribution >= 0.6 is 0 Å². The third kappa shape index (κ3) is 6.31. The van der Waals surface area contributed by atoms with Gasteiger partial charge < -0.3 is 15.0 Å². The summed E-state index contributed by atoms with van der Waals surface area (Å²) in [7, 11) is 3.52. The number of carbonyl (C=O) groups is 1. The van der Waals surface area contributed by atoms with E-state index in [-0.39, 0.29) is 6.61 Å². The van der Waals surface area contributed by atoms with Crippen molar-refractivity contribution in [3.05, 3.63) is 11.7 Å². The van der Waals surface area contributed by atoms with E-state index < -0.39 is 5.91 Å². The lowest BCUT2D eigenvalue weighted by atomic mass is 10.2. The first-order valence-corrected chi connectivity index (χ1v) is 6.15. The number of aryl methyl sites for hydroxylation is 1. The number of hydrogen-bond acceptors (Lipinski definition) is 6. The standard InChI is InChI=1S/C8H13N3O.C3H7NO2.C2H2/c1-6-9-8(12-10-6)7-4-3-5-11(7)2;1-6-2-3(4)5;1-2/h7H,3-5H2,1-2H3;2H2,1H3,(H2,4,5);1-2H/t7-;;/m0../s1. The molecular weight excluding hydrogens is 260 g/mol. The Balaban J connectivity index is 0.000000387. The number of primary amides is 1. The topological polar surface area (TPSA) is 94.5 Å². The van der Waals surface area contributed by atoms with Crippen LogP contribution in [0.1, 0.15) is 30.6 Å². The largest absolute Gasteiger partial charge is 0.375 e. The molecule has 0 unspecified atom stereocenters. The Hall–Kier alpha value is -1.91. The van der Waals surface area contributed by atoms with E-state index in [2.05, 4.69) is 45.4 Å². The number of ether oxygens (including phenoxy) is 1. The van der Waals surface area contributed by atoms with Gasteiger partial charge in [0, 0.05) is 7.11 Å². The summed E-state index contributed by atoms with van der Waals surface area (Å²) in [6.45, 7) is 2.99. The van der Waals surface area contributed by atoms with Crippen LogP contribution in [0.5, 0.6) is 0 Å². The highest BCUT2D eigenvalue weighted by Gasteiger charge is 2.27. The van der Waals surface area contributed by atoms with E-state index in [9.17, 15) is 4.79 Å². The van der Waals surface area contributed by atoms with E-state index in [1.807, 2.05) is 6.92 Å². The monoisotopic (exact) mass is 282 g/mol. The maximum absolute atomic E-state index is 9.70. The SMILES string of the molecule is C#C.COCC(N)=O.Cc1noc([C@@H]2CCCN2C)n1. The van der Waals surface area contributed by atoms with Crippen molar-refractivity contribution in [2.24, 2.45) is 5.73 Å². The molecule has 1 aliphatic heterocycles. The zero-order valence-corrected chi connectivity index (χ0v) is 12.2. The molecule has 0 aromatic carbocycles. The molecule has 0 bridgehead atoms. The van der Waals surface area contributed by atoms with Gasteiger partial charge in [0.1, 0.15) is 6.61 Å². The Kier molecular flexibility index (Phi) is 9.00. The van der Waals surface area contributed by atoms with E-state index in [0.29, 0.717) is 6.04 Å². The highest BCUT2D eigenvalue weighted by atomic mass is 16.5. The van der Waals surface area contributed by atoms with Crippen molar-refractivity contribution in [2.45, 2.75) is 25.8 Å². The van der Waals surface area contributed by atoms with Crippen LogP contribution in [0.4, 0.5) is 0 Å². The summed E-state index contributed by atoms with van der Waals surface area (Å²) in [4.78, 5) is 16.2. The summed E-state index contributed by atoms with van der Waals surface area (Å²) >= 11 is 0. The Labute approximate surface area is 119 Å². The number of nitrogens with two attached hydrogens (primary N) is 1. The maximum Gasteiger partial charge on any atom is 0.243 e. The summed E-state index contributed by atoms with van der Waals surface area (Å²) in [5, 5.41) is 3.78. The number of hydrogen-bond donors (Lipinski definition) is 1. The van der Waals surface area contributed by atoms with Crippen LogP contribution in [0.2, 0.25) is 0 Å². The van der Waals surface area contributed by atoms with E-state index in [1.165, 1.54) is 13.5 Å². The van der Waals surface area contributed by atoms with Crippen LogP contribution in [0.15, 0.2) is 4.52 Å². The second-order valence-electron chi connectivity index (χ2n) is 4.22. The number of terminal acetylenes is 1. The van der Waals surface area contributed by atoms with Crippen molar-refractivity contribution < 1.29 is 14.1 Å². The molecule has 2 heterocycles. The first-order valence-electron chi connectivity index (χ1n) is 6.15. The summed E-state index contributed by atoms with van der Waals surface area (Å²) < 4.78 is 9.44. The first kappa shape index (κ1) is 18.1. The van der Waals surface area contributed by atoms with Crippen LogP contribution < -0.4 is 5.73 Å². The lowest BCUT2D eigenvalue weighted by Crippen LogP contribution is -2.17. The Bertz CT molecular complexity index is 417. The molecule has 1 saturated heterocycles. The molecule has 20 heavy (non-hydrogen) atoms. The molecule has 1 aromatic heterocycles. The van der Waals surface area contributed by atoms with Gasteiger partial charge in [0.15, 0.2) is 5.82 Å². The van der Waals surface area contributed by atoms with Gasteiger partial charge >= 0.3 is 0 Å². The highest BCUT2D eigenvalue weighted by Crippen LogP contribution is 2.28. The predicted molar refractivity (Wildman–Crippen MR) is 74.6 cm³/mol. The number of aromatic nitrogens is 2. The molecule has 1 atom stereocenters. The fraction of sp³-hybridized carbons (Fsp3) is 0.615. The first-order chi connectivity index (χ1) is 9.54. The minimum atomic E-state index is -0.433. The molecular formula is C13H22N4O3. The summed E-state index contributed by atoms with van der Waals surface area (Å²) in [6.07, 6.45) is 10.4. The lowest BCUT2D eigenvalue weighted by molar-refractivity contribution is -0.121. The van der Waals surface area contributed by atoms with Gasteiger partial charge in [0.25, 0.3) is 0 Å². The van der Waals surface area contributed by atoms with Crippen molar-refractivity contribution in [1.82, 2.24) is 15.0 Å². The van der Waals surface area contributed by atoms with Crippen molar-refractivity contribution in [2.75, 3.05) is 27.3 Å². The van der Waals surface area contributed by atoms with Crippen LogP contribution in [0.3, 0.4) is 0 Å². The molecule has 1 amide bonds. The second-order valence-corrected chi connectivity index (χ2v) is 4.22. The van der Waals surface area contributed by atoms with Crippen LogP contribution in [0.25, 0.3) is 0 Å². The minimum absolute atomic E-state index is 0.0139. The second kappa shape index (κ2) is 9.95. The van der Waals surface area contributed by atoms with Gasteiger partial charge in [-0.1, -0.05) is 5.16 Å². The van der Waals surface area contributed by atoms with E-state index in [0.717, 1.165) is 24.7 Å². The smallest absolute Gasteiger partial charge is 0.243 e. The van der Waals surface area contributed by atoms with Crippen LogP contribution in [0, 0.1) is 19.8 Å². The molecule has 1 fully saturated rings. The van der Waals surface area contributed by atoms with Gasteiger partial charge in [-0.3, -0.25) is 9.69 Å². The zero-order valence-electron chi connectivity index (χ0n) is 12.2. The van der Waals surface area contributed by atoms with Gasteiger partial charge in [-0.2, -0.15) is 4.98 Å². The van der Waals surface area contributed by atoms with Gasteiger partial charge in [0.05, 0.1) is 6.04 Å². The third-order valence-corrected chi connectivity index (χ3v) is 2.64. The van der Waals surface area contributed by atoms with E-state index in [1.54, 1.807) is 0 Å². The van der Waals surface area contributed by atoms with E-state index >= 15 is 0 Å². The normalized spacial score (nSPS) is 17.6. The number of rotatable bonds is 3. The third-order valence-electron chi connectivity index (χ3n) is 2.64. The van der Waals surface area contributed by atoms with Crippen molar-refractivity contribution in [1.29, 1.82) is 0 Å². The average Bonchev–Trinajstić information content (AvgIpc) is 3.01. The summed E-state index contributed by atoms with van der Waals surface area (Å²) in [5.74, 6) is 1.07. The van der Waals surface area contributed by atoms with Crippen LogP contribution in [-0.2, 0) is 9.53 Å². The lowest BCUT2D eigenvalue weighted by Gasteiger charge is -2.14. The Morgan fingerprint density at radius 3 is 2.55 bits per heavy atom. The molecule has 2 N–H and O–H groups in total. The molecule has 0 aliphatic carbocycles. The number of nitrogens with zero attached hydrogens (tertiary/aromatic N) is 3.